The molecule has 0 heterocycles. The maximum Gasteiger partial charge on any atom is 0.0468 e. The van der Waals surface area contributed by atoms with E-state index in [0.29, 0.717) is 5.92 Å². The summed E-state index contributed by atoms with van der Waals surface area (Å²) in [5.74, 6) is 0.425. The molecule has 2 heteroatoms. The molecule has 0 saturated carbocycles. The molecule has 0 radical (unpaired) electrons. The summed E-state index contributed by atoms with van der Waals surface area (Å²) in [4.78, 5) is 4.75. The monoisotopic (exact) mass is 604 g/mol. The highest BCUT2D eigenvalue weighted by molar-refractivity contribution is 5.90. The molecule has 7 aromatic carbocycles. The van der Waals surface area contributed by atoms with Crippen molar-refractivity contribution in [1.82, 2.24) is 0 Å². The van der Waals surface area contributed by atoms with Crippen LogP contribution in [0.5, 0.6) is 0 Å². The maximum absolute atomic E-state index is 2.43. The summed E-state index contributed by atoms with van der Waals surface area (Å²) >= 11 is 0. The van der Waals surface area contributed by atoms with E-state index in [1.807, 2.05) is 0 Å². The van der Waals surface area contributed by atoms with E-state index in [1.54, 1.807) is 0 Å². The molecule has 2 nitrogen and oxygen atoms in total. The number of allylic oxidation sites excluding steroid dienone is 4. The molecule has 0 bridgehead atoms. The van der Waals surface area contributed by atoms with Crippen LogP contribution in [0.25, 0.3) is 32.7 Å². The van der Waals surface area contributed by atoms with Crippen molar-refractivity contribution in [1.29, 1.82) is 0 Å². The summed E-state index contributed by atoms with van der Waals surface area (Å²) in [6.07, 6.45) is 7.76. The standard InChI is InChI=1S/C45H36N2/c1-33-11-5-10-18-45(33)47(44-30-24-35-13-7-9-15-39(35)32-44)42-27-21-37(22-28-42)36-19-25-41(26-20-36)46(40-16-3-2-4-17-40)43-29-23-34-12-6-8-14-38(34)31-43/h2-10,12-33H,11H2,1H3. The number of rotatable bonds is 7. The Balaban J connectivity index is 1.13. The van der Waals surface area contributed by atoms with Gasteiger partial charge in [0.1, 0.15) is 0 Å². The van der Waals surface area contributed by atoms with Crippen molar-refractivity contribution in [2.45, 2.75) is 13.3 Å². The first-order valence-electron chi connectivity index (χ1n) is 16.4. The van der Waals surface area contributed by atoms with E-state index >= 15 is 0 Å². The van der Waals surface area contributed by atoms with Crippen molar-refractivity contribution >= 4 is 50.0 Å². The predicted octanol–water partition coefficient (Wildman–Crippen LogP) is 12.7. The van der Waals surface area contributed by atoms with Crippen molar-refractivity contribution in [3.8, 4) is 11.1 Å². The lowest BCUT2D eigenvalue weighted by Crippen LogP contribution is -2.22. The zero-order valence-corrected chi connectivity index (χ0v) is 26.5. The van der Waals surface area contributed by atoms with Crippen LogP contribution in [-0.4, -0.2) is 0 Å². The molecule has 1 aliphatic carbocycles. The fourth-order valence-electron chi connectivity index (χ4n) is 6.74. The fourth-order valence-corrected chi connectivity index (χ4v) is 6.74. The highest BCUT2D eigenvalue weighted by Gasteiger charge is 2.21. The van der Waals surface area contributed by atoms with Crippen LogP contribution < -0.4 is 9.80 Å². The van der Waals surface area contributed by atoms with E-state index in [2.05, 4.69) is 199 Å². The van der Waals surface area contributed by atoms with Gasteiger partial charge in [-0.25, -0.2) is 0 Å². The second-order valence-corrected chi connectivity index (χ2v) is 12.3. The Morgan fingerprint density at radius 1 is 0.426 bits per heavy atom. The lowest BCUT2D eigenvalue weighted by molar-refractivity contribution is 0.670. The summed E-state index contributed by atoms with van der Waals surface area (Å²) in [5, 5.41) is 4.98. The zero-order chi connectivity index (χ0) is 31.6. The quantitative estimate of drug-likeness (QED) is 0.179. The van der Waals surface area contributed by atoms with Gasteiger partial charge in [0.15, 0.2) is 0 Å². The third-order valence-corrected chi connectivity index (χ3v) is 9.24. The molecule has 0 fully saturated rings. The minimum absolute atomic E-state index is 0.425. The van der Waals surface area contributed by atoms with Gasteiger partial charge in [0.05, 0.1) is 0 Å². The summed E-state index contributed by atoms with van der Waals surface area (Å²) in [5.41, 5.74) is 9.45. The van der Waals surface area contributed by atoms with Gasteiger partial charge in [0.25, 0.3) is 0 Å². The maximum atomic E-state index is 2.43. The average molecular weight is 605 g/mol. The molecule has 0 spiro atoms. The van der Waals surface area contributed by atoms with Crippen LogP contribution in [0, 0.1) is 5.92 Å². The molecule has 0 aromatic heterocycles. The molecule has 1 aliphatic rings. The lowest BCUT2D eigenvalue weighted by Gasteiger charge is -2.32. The second kappa shape index (κ2) is 12.5. The molecule has 47 heavy (non-hydrogen) atoms. The Morgan fingerprint density at radius 3 is 1.43 bits per heavy atom. The molecule has 0 N–H and O–H groups in total. The van der Waals surface area contributed by atoms with E-state index in [1.165, 1.54) is 49.7 Å². The van der Waals surface area contributed by atoms with Gasteiger partial charge in [0, 0.05) is 40.1 Å². The zero-order valence-electron chi connectivity index (χ0n) is 26.5. The molecule has 0 saturated heterocycles. The van der Waals surface area contributed by atoms with Crippen LogP contribution >= 0.6 is 0 Å². The molecule has 7 aromatic rings. The highest BCUT2D eigenvalue weighted by Crippen LogP contribution is 2.39. The summed E-state index contributed by atoms with van der Waals surface area (Å²) < 4.78 is 0. The number of hydrogen-bond donors (Lipinski definition) is 0. The Morgan fingerprint density at radius 2 is 0.872 bits per heavy atom. The molecule has 0 amide bonds. The Hall–Kier alpha value is -5.86. The molecule has 0 aliphatic heterocycles. The number of hydrogen-bond acceptors (Lipinski definition) is 2. The van der Waals surface area contributed by atoms with E-state index in [4.69, 9.17) is 0 Å². The van der Waals surface area contributed by atoms with Gasteiger partial charge in [-0.3, -0.25) is 0 Å². The van der Waals surface area contributed by atoms with Gasteiger partial charge in [-0.2, -0.15) is 0 Å². The second-order valence-electron chi connectivity index (χ2n) is 12.3. The largest absolute Gasteiger partial charge is 0.314 e. The molecule has 1 atom stereocenters. The molecule has 226 valence electrons. The number of para-hydroxylation sites is 1. The minimum Gasteiger partial charge on any atom is -0.314 e. The third-order valence-electron chi connectivity index (χ3n) is 9.24. The van der Waals surface area contributed by atoms with Gasteiger partial charge < -0.3 is 9.80 Å². The van der Waals surface area contributed by atoms with Gasteiger partial charge in [0.2, 0.25) is 0 Å². The SMILES string of the molecule is CC1CC=CC=C1N(c1ccc(-c2ccc(N(c3ccccc3)c3ccc4ccccc4c3)cc2)cc1)c1ccc2ccccc2c1. The lowest BCUT2D eigenvalue weighted by atomic mass is 9.96. The minimum atomic E-state index is 0.425. The first-order valence-corrected chi connectivity index (χ1v) is 16.4. The highest BCUT2D eigenvalue weighted by atomic mass is 15.2. The smallest absolute Gasteiger partial charge is 0.0468 e. The van der Waals surface area contributed by atoms with Crippen molar-refractivity contribution in [3.63, 3.8) is 0 Å². The Kier molecular flexibility index (Phi) is 7.61. The first-order chi connectivity index (χ1) is 23.2. The van der Waals surface area contributed by atoms with Crippen molar-refractivity contribution < 1.29 is 0 Å². The van der Waals surface area contributed by atoms with Gasteiger partial charge in [-0.1, -0.05) is 122 Å². The van der Waals surface area contributed by atoms with Gasteiger partial charge in [-0.05, 0) is 106 Å². The topological polar surface area (TPSA) is 6.48 Å². The average Bonchev–Trinajstić information content (AvgIpc) is 3.14. The summed E-state index contributed by atoms with van der Waals surface area (Å²) in [6.45, 7) is 2.32. The van der Waals surface area contributed by atoms with Crippen molar-refractivity contribution in [2.75, 3.05) is 9.80 Å². The fraction of sp³-hybridized carbons (Fsp3) is 0.0667. The van der Waals surface area contributed by atoms with E-state index < -0.39 is 0 Å². The normalized spacial score (nSPS) is 14.2. The van der Waals surface area contributed by atoms with Crippen molar-refractivity contribution in [2.24, 2.45) is 5.92 Å². The number of nitrogens with zero attached hydrogens (tertiary/aromatic N) is 2. The molecular weight excluding hydrogens is 569 g/mol. The number of anilines is 5. The molecule has 8 rings (SSSR count). The van der Waals surface area contributed by atoms with Crippen molar-refractivity contribution in [3.05, 3.63) is 188 Å². The molecular formula is C45H36N2. The van der Waals surface area contributed by atoms with Crippen LogP contribution in [0.3, 0.4) is 0 Å². The number of fused-ring (bicyclic) bond motifs is 2. The van der Waals surface area contributed by atoms with E-state index in [-0.39, 0.29) is 0 Å². The van der Waals surface area contributed by atoms with Crippen LogP contribution in [-0.2, 0) is 0 Å². The van der Waals surface area contributed by atoms with Crippen LogP contribution in [0.1, 0.15) is 13.3 Å². The third kappa shape index (κ3) is 5.71. The predicted molar refractivity (Wildman–Crippen MR) is 201 cm³/mol. The van der Waals surface area contributed by atoms with E-state index in [0.717, 1.165) is 23.5 Å². The Bertz CT molecular complexity index is 2230. The van der Waals surface area contributed by atoms with Crippen LogP contribution in [0.2, 0.25) is 0 Å². The van der Waals surface area contributed by atoms with Gasteiger partial charge >= 0.3 is 0 Å². The summed E-state index contributed by atoms with van der Waals surface area (Å²) in [6, 6.07) is 59.1. The van der Waals surface area contributed by atoms with Gasteiger partial charge in [-0.15, -0.1) is 0 Å². The van der Waals surface area contributed by atoms with Crippen LogP contribution in [0.15, 0.2) is 188 Å². The Labute approximate surface area is 277 Å². The summed E-state index contributed by atoms with van der Waals surface area (Å²) in [7, 11) is 0. The van der Waals surface area contributed by atoms with Crippen LogP contribution in [0.4, 0.5) is 28.4 Å². The first kappa shape index (κ1) is 28.6. The number of benzene rings is 7. The van der Waals surface area contributed by atoms with E-state index in [9.17, 15) is 0 Å². The molecule has 1 unspecified atom stereocenters.